The van der Waals surface area contributed by atoms with Crippen LogP contribution in [0, 0.1) is 0 Å². The standard InChI is InChI=1S/C22H24N2O2S/c1-24-12-5-6-19(24)15-18-16-23-22-10-9-17(14-21(18)22)11-13-27(25,26)20-7-3-2-4-8-20/h2-4,7-11,13-14,16,19,23H,5-6,12,15H2,1H3/b13-11+/t19-/m0/s1. The summed E-state index contributed by atoms with van der Waals surface area (Å²) >= 11 is 0. The number of hydrogen-bond donors (Lipinski definition) is 1. The third-order valence-corrected chi connectivity index (χ3v) is 6.85. The molecule has 2 heterocycles. The first-order valence-corrected chi connectivity index (χ1v) is 10.9. The van der Waals surface area contributed by atoms with Crippen molar-refractivity contribution in [2.24, 2.45) is 0 Å². The molecular formula is C22H24N2O2S. The van der Waals surface area contributed by atoms with Crippen LogP contribution in [0.25, 0.3) is 17.0 Å². The van der Waals surface area contributed by atoms with Crippen LogP contribution in [0.15, 0.2) is 65.0 Å². The number of benzene rings is 2. The summed E-state index contributed by atoms with van der Waals surface area (Å²) in [4.78, 5) is 6.08. The Labute approximate surface area is 160 Å². The molecule has 4 rings (SSSR count). The van der Waals surface area contributed by atoms with Gasteiger partial charge in [-0.1, -0.05) is 24.3 Å². The van der Waals surface area contributed by atoms with Crippen LogP contribution in [-0.4, -0.2) is 37.9 Å². The second kappa shape index (κ2) is 7.33. The Morgan fingerprint density at radius 2 is 2.00 bits per heavy atom. The number of nitrogens with zero attached hydrogens (tertiary/aromatic N) is 1. The smallest absolute Gasteiger partial charge is 0.199 e. The van der Waals surface area contributed by atoms with Crippen LogP contribution in [0.5, 0.6) is 0 Å². The first kappa shape index (κ1) is 18.0. The molecule has 27 heavy (non-hydrogen) atoms. The van der Waals surface area contributed by atoms with E-state index in [2.05, 4.69) is 29.2 Å². The number of sulfone groups is 1. The fourth-order valence-electron chi connectivity index (χ4n) is 3.82. The maximum atomic E-state index is 12.5. The van der Waals surface area contributed by atoms with Crippen LogP contribution in [0.1, 0.15) is 24.0 Å². The minimum atomic E-state index is -3.43. The fourth-order valence-corrected chi connectivity index (χ4v) is 4.85. The average Bonchev–Trinajstić information content (AvgIpc) is 3.27. The lowest BCUT2D eigenvalue weighted by molar-refractivity contribution is 0.310. The van der Waals surface area contributed by atoms with E-state index in [0.29, 0.717) is 10.9 Å². The Balaban J connectivity index is 1.60. The number of likely N-dealkylation sites (N-methyl/N-ethyl adjacent to an activating group) is 1. The highest BCUT2D eigenvalue weighted by atomic mass is 32.2. The molecule has 0 amide bonds. The Bertz CT molecular complexity index is 1070. The topological polar surface area (TPSA) is 53.2 Å². The van der Waals surface area contributed by atoms with E-state index in [4.69, 9.17) is 0 Å². The number of H-pyrrole nitrogens is 1. The van der Waals surface area contributed by atoms with Gasteiger partial charge in [0.05, 0.1) is 4.90 Å². The van der Waals surface area contributed by atoms with E-state index in [1.807, 2.05) is 18.2 Å². The van der Waals surface area contributed by atoms with Crippen molar-refractivity contribution in [1.82, 2.24) is 9.88 Å². The summed E-state index contributed by atoms with van der Waals surface area (Å²) in [5.74, 6) is 0. The Hall–Kier alpha value is -2.37. The van der Waals surface area contributed by atoms with Crippen LogP contribution < -0.4 is 0 Å². The Morgan fingerprint density at radius 3 is 2.74 bits per heavy atom. The van der Waals surface area contributed by atoms with E-state index < -0.39 is 9.84 Å². The molecule has 1 aromatic heterocycles. The van der Waals surface area contributed by atoms with Crippen LogP contribution in [0.2, 0.25) is 0 Å². The normalized spacial score (nSPS) is 18.6. The summed E-state index contributed by atoms with van der Waals surface area (Å²) < 4.78 is 24.9. The lowest BCUT2D eigenvalue weighted by atomic mass is 10.0. The van der Waals surface area contributed by atoms with E-state index in [0.717, 1.165) is 17.5 Å². The molecule has 1 saturated heterocycles. The van der Waals surface area contributed by atoms with Crippen LogP contribution in [0.4, 0.5) is 0 Å². The number of hydrogen-bond acceptors (Lipinski definition) is 3. The van der Waals surface area contributed by atoms with Gasteiger partial charge in [-0.15, -0.1) is 0 Å². The summed E-state index contributed by atoms with van der Waals surface area (Å²) in [6.45, 7) is 1.17. The first-order valence-electron chi connectivity index (χ1n) is 9.31. The maximum absolute atomic E-state index is 12.5. The minimum absolute atomic E-state index is 0.314. The van der Waals surface area contributed by atoms with E-state index in [1.165, 1.54) is 35.7 Å². The lowest BCUT2D eigenvalue weighted by Gasteiger charge is -2.18. The van der Waals surface area contributed by atoms with Gasteiger partial charge in [0.2, 0.25) is 0 Å². The molecule has 1 aliphatic heterocycles. The average molecular weight is 381 g/mol. The van der Waals surface area contributed by atoms with Gasteiger partial charge in [0.1, 0.15) is 0 Å². The highest BCUT2D eigenvalue weighted by Gasteiger charge is 2.22. The number of nitrogens with one attached hydrogen (secondary N) is 1. The van der Waals surface area contributed by atoms with Crippen LogP contribution in [0.3, 0.4) is 0 Å². The third kappa shape index (κ3) is 3.84. The summed E-state index contributed by atoms with van der Waals surface area (Å²) in [6, 6.07) is 15.1. The molecule has 0 radical (unpaired) electrons. The Kier molecular flexibility index (Phi) is 4.89. The molecule has 1 atom stereocenters. The molecule has 1 fully saturated rings. The molecule has 0 saturated carbocycles. The van der Waals surface area contributed by atoms with E-state index in [1.54, 1.807) is 30.3 Å². The molecule has 140 valence electrons. The molecule has 1 N–H and O–H groups in total. The van der Waals surface area contributed by atoms with Gasteiger partial charge in [-0.05, 0) is 74.3 Å². The van der Waals surface area contributed by atoms with Crippen molar-refractivity contribution in [3.05, 3.63) is 71.3 Å². The Morgan fingerprint density at radius 1 is 1.19 bits per heavy atom. The zero-order valence-corrected chi connectivity index (χ0v) is 16.2. The molecule has 1 aliphatic rings. The number of aromatic amines is 1. The number of aromatic nitrogens is 1. The van der Waals surface area contributed by atoms with E-state index >= 15 is 0 Å². The molecule has 0 unspecified atom stereocenters. The van der Waals surface area contributed by atoms with Gasteiger partial charge < -0.3 is 9.88 Å². The minimum Gasteiger partial charge on any atom is -0.361 e. The van der Waals surface area contributed by atoms with Crippen molar-refractivity contribution in [1.29, 1.82) is 0 Å². The highest BCUT2D eigenvalue weighted by molar-refractivity contribution is 7.94. The van der Waals surface area contributed by atoms with Crippen molar-refractivity contribution in [2.45, 2.75) is 30.2 Å². The molecule has 0 bridgehead atoms. The summed E-state index contributed by atoms with van der Waals surface area (Å²) in [5.41, 5.74) is 3.28. The van der Waals surface area contributed by atoms with Gasteiger partial charge in [-0.2, -0.15) is 0 Å². The molecule has 0 spiro atoms. The third-order valence-electron chi connectivity index (χ3n) is 5.43. The van der Waals surface area contributed by atoms with E-state index in [-0.39, 0.29) is 0 Å². The summed E-state index contributed by atoms with van der Waals surface area (Å²) in [5, 5.41) is 2.47. The van der Waals surface area contributed by atoms with E-state index in [9.17, 15) is 8.42 Å². The zero-order chi connectivity index (χ0) is 18.9. The maximum Gasteiger partial charge on any atom is 0.199 e. The van der Waals surface area contributed by atoms with Gasteiger partial charge >= 0.3 is 0 Å². The molecule has 4 nitrogen and oxygen atoms in total. The molecule has 2 aromatic carbocycles. The van der Waals surface area contributed by atoms with Crippen molar-refractivity contribution < 1.29 is 8.42 Å². The number of rotatable bonds is 5. The van der Waals surface area contributed by atoms with Gasteiger partial charge in [0.25, 0.3) is 0 Å². The predicted molar refractivity (Wildman–Crippen MR) is 110 cm³/mol. The van der Waals surface area contributed by atoms with Crippen molar-refractivity contribution >= 4 is 26.8 Å². The molecule has 3 aromatic rings. The lowest BCUT2D eigenvalue weighted by Crippen LogP contribution is -2.26. The summed E-state index contributed by atoms with van der Waals surface area (Å²) in [7, 11) is -1.24. The quantitative estimate of drug-likeness (QED) is 0.720. The first-order chi connectivity index (χ1) is 13.0. The van der Waals surface area contributed by atoms with Crippen molar-refractivity contribution in [2.75, 3.05) is 13.6 Å². The number of likely N-dealkylation sites (tertiary alicyclic amines) is 1. The van der Waals surface area contributed by atoms with Gasteiger partial charge in [0, 0.05) is 28.5 Å². The highest BCUT2D eigenvalue weighted by Crippen LogP contribution is 2.26. The number of fused-ring (bicyclic) bond motifs is 1. The largest absolute Gasteiger partial charge is 0.361 e. The fraction of sp³-hybridized carbons (Fsp3) is 0.273. The zero-order valence-electron chi connectivity index (χ0n) is 15.4. The second-order valence-electron chi connectivity index (χ2n) is 7.26. The second-order valence-corrected chi connectivity index (χ2v) is 9.09. The van der Waals surface area contributed by atoms with Gasteiger partial charge in [0.15, 0.2) is 9.84 Å². The van der Waals surface area contributed by atoms with Crippen molar-refractivity contribution in [3.63, 3.8) is 0 Å². The van der Waals surface area contributed by atoms with Gasteiger partial charge in [-0.25, -0.2) is 8.42 Å². The van der Waals surface area contributed by atoms with Crippen LogP contribution >= 0.6 is 0 Å². The summed E-state index contributed by atoms with van der Waals surface area (Å²) in [6.07, 6.45) is 7.28. The molecule has 0 aliphatic carbocycles. The monoisotopic (exact) mass is 380 g/mol. The predicted octanol–water partition coefficient (Wildman–Crippen LogP) is 4.25. The van der Waals surface area contributed by atoms with Crippen LogP contribution in [-0.2, 0) is 16.3 Å². The molecule has 5 heteroatoms. The van der Waals surface area contributed by atoms with Gasteiger partial charge in [-0.3, -0.25) is 0 Å². The SMILES string of the molecule is CN1CCC[C@H]1Cc1c[nH]c2ccc(/C=C/S(=O)(=O)c3ccccc3)cc12. The molecular weight excluding hydrogens is 356 g/mol. The van der Waals surface area contributed by atoms with Crippen molar-refractivity contribution in [3.8, 4) is 0 Å².